The van der Waals surface area contributed by atoms with Crippen LogP contribution in [0.5, 0.6) is 0 Å². The van der Waals surface area contributed by atoms with E-state index in [1.54, 1.807) is 48.5 Å². The van der Waals surface area contributed by atoms with E-state index in [1.807, 2.05) is 0 Å². The van der Waals surface area contributed by atoms with Gasteiger partial charge in [-0.15, -0.1) is 0 Å². The summed E-state index contributed by atoms with van der Waals surface area (Å²) in [6, 6.07) is 16.1. The van der Waals surface area contributed by atoms with E-state index in [2.05, 4.69) is 0 Å². The van der Waals surface area contributed by atoms with Gasteiger partial charge in [-0.2, -0.15) is 0 Å². The number of hydrogen-bond acceptors (Lipinski definition) is 6. The minimum atomic E-state index is -2.56. The molecule has 0 bridgehead atoms. The molecule has 0 aliphatic carbocycles. The molecule has 0 aliphatic rings. The molecule has 0 aliphatic heterocycles. The highest BCUT2D eigenvalue weighted by Crippen LogP contribution is 2.26. The van der Waals surface area contributed by atoms with Gasteiger partial charge in [0.15, 0.2) is 5.60 Å². The van der Waals surface area contributed by atoms with E-state index in [-0.39, 0.29) is 10.4 Å². The smallest absolute Gasteiger partial charge is 0.202 e. The maximum absolute atomic E-state index is 12.9. The molecule has 0 spiro atoms. The number of rotatable bonds is 7. The molecule has 4 N–H and O–H groups in total. The number of aliphatic hydroxyl groups is 4. The van der Waals surface area contributed by atoms with Crippen molar-refractivity contribution in [3.63, 3.8) is 0 Å². The summed E-state index contributed by atoms with van der Waals surface area (Å²) in [6.07, 6.45) is -3.72. The van der Waals surface area contributed by atoms with Crippen LogP contribution in [-0.4, -0.2) is 55.5 Å². The van der Waals surface area contributed by atoms with Gasteiger partial charge in [-0.3, -0.25) is 4.79 Å². The molecule has 0 fully saturated rings. The van der Waals surface area contributed by atoms with Crippen molar-refractivity contribution in [2.75, 3.05) is 6.61 Å². The summed E-state index contributed by atoms with van der Waals surface area (Å²) >= 11 is 5.25. The van der Waals surface area contributed by atoms with Crippen molar-refractivity contribution in [3.8, 4) is 0 Å². The Morgan fingerprint density at radius 2 is 1.42 bits per heavy atom. The van der Waals surface area contributed by atoms with Crippen molar-refractivity contribution in [2.24, 2.45) is 0 Å². The maximum atomic E-state index is 12.9. The summed E-state index contributed by atoms with van der Waals surface area (Å²) in [5, 5.41) is 40.2. The number of thiocarbonyl (C=S) groups is 1. The Labute approximate surface area is 144 Å². The Morgan fingerprint density at radius 3 is 1.88 bits per heavy atom. The Morgan fingerprint density at radius 1 is 0.958 bits per heavy atom. The summed E-state index contributed by atoms with van der Waals surface area (Å²) in [6.45, 7) is -0.830. The van der Waals surface area contributed by atoms with Crippen LogP contribution >= 0.6 is 12.2 Å². The Kier molecular flexibility index (Phi) is 5.93. The van der Waals surface area contributed by atoms with Crippen LogP contribution in [-0.2, 0) is 0 Å². The van der Waals surface area contributed by atoms with Gasteiger partial charge in [-0.25, -0.2) is 0 Å². The van der Waals surface area contributed by atoms with E-state index in [0.29, 0.717) is 5.56 Å². The van der Waals surface area contributed by atoms with Crippen molar-refractivity contribution in [1.82, 2.24) is 0 Å². The third kappa shape index (κ3) is 3.43. The van der Waals surface area contributed by atoms with Crippen LogP contribution in [0.15, 0.2) is 60.7 Å². The third-order valence-electron chi connectivity index (χ3n) is 3.74. The summed E-state index contributed by atoms with van der Waals surface area (Å²) in [7, 11) is 0. The molecular weight excluding hydrogens is 328 g/mol. The second-order valence-corrected chi connectivity index (χ2v) is 5.76. The van der Waals surface area contributed by atoms with Crippen LogP contribution in [0.1, 0.15) is 15.9 Å². The minimum absolute atomic E-state index is 0.127. The first-order valence-electron chi connectivity index (χ1n) is 7.32. The topological polar surface area (TPSA) is 98.0 Å². The molecule has 0 unspecified atom stereocenters. The summed E-state index contributed by atoms with van der Waals surface area (Å²) in [5.41, 5.74) is -2.06. The number of hydrogen-bond donors (Lipinski definition) is 4. The summed E-state index contributed by atoms with van der Waals surface area (Å²) in [5.74, 6) is -0.850. The van der Waals surface area contributed by atoms with Crippen LogP contribution < -0.4 is 0 Å². The van der Waals surface area contributed by atoms with Gasteiger partial charge in [-0.1, -0.05) is 72.9 Å². The van der Waals surface area contributed by atoms with Gasteiger partial charge in [0.1, 0.15) is 12.2 Å². The van der Waals surface area contributed by atoms with Crippen LogP contribution in [0.25, 0.3) is 0 Å². The molecule has 2 rings (SSSR count). The lowest BCUT2D eigenvalue weighted by Crippen LogP contribution is -2.60. The van der Waals surface area contributed by atoms with Gasteiger partial charge in [0.2, 0.25) is 5.78 Å². The van der Waals surface area contributed by atoms with Gasteiger partial charge >= 0.3 is 0 Å². The summed E-state index contributed by atoms with van der Waals surface area (Å²) < 4.78 is 0. The van der Waals surface area contributed by atoms with Crippen molar-refractivity contribution in [3.05, 3.63) is 71.8 Å². The van der Waals surface area contributed by atoms with E-state index in [9.17, 15) is 20.1 Å². The molecular formula is C18H18O5S. The molecule has 0 radical (unpaired) electrons. The van der Waals surface area contributed by atoms with E-state index in [0.717, 1.165) is 0 Å². The SMILES string of the molecule is O=C(c1ccccc1)[C@](O)(C(=S)c1ccccc1)[C@@H](O)[C@H](O)CO. The van der Waals surface area contributed by atoms with E-state index in [1.165, 1.54) is 12.1 Å². The van der Waals surface area contributed by atoms with Gasteiger partial charge in [0.05, 0.1) is 11.5 Å². The first kappa shape index (κ1) is 18.4. The first-order chi connectivity index (χ1) is 11.4. The third-order valence-corrected chi connectivity index (χ3v) is 4.29. The van der Waals surface area contributed by atoms with Crippen LogP contribution in [0, 0.1) is 0 Å². The molecule has 2 aromatic carbocycles. The van der Waals surface area contributed by atoms with Crippen molar-refractivity contribution in [2.45, 2.75) is 17.8 Å². The largest absolute Gasteiger partial charge is 0.394 e. The van der Waals surface area contributed by atoms with Crippen LogP contribution in [0.2, 0.25) is 0 Å². The number of ketones is 1. The molecule has 6 heteroatoms. The molecule has 0 heterocycles. The molecule has 3 atom stereocenters. The number of benzene rings is 2. The van der Waals surface area contributed by atoms with Gasteiger partial charge in [-0.05, 0) is 5.56 Å². The van der Waals surface area contributed by atoms with Crippen molar-refractivity contribution < 1.29 is 25.2 Å². The molecule has 5 nitrogen and oxygen atoms in total. The fourth-order valence-corrected chi connectivity index (χ4v) is 2.72. The Bertz CT molecular complexity index is 650. The lowest BCUT2D eigenvalue weighted by Gasteiger charge is -2.34. The number of aliphatic hydroxyl groups excluding tert-OH is 3. The van der Waals surface area contributed by atoms with Crippen molar-refractivity contribution in [1.29, 1.82) is 0 Å². The fraction of sp³-hybridized carbons (Fsp3) is 0.222. The molecule has 2 aromatic rings. The second-order valence-electron chi connectivity index (χ2n) is 5.35. The first-order valence-corrected chi connectivity index (χ1v) is 7.72. The quantitative estimate of drug-likeness (QED) is 0.436. The molecule has 126 valence electrons. The highest BCUT2D eigenvalue weighted by molar-refractivity contribution is 7.81. The van der Waals surface area contributed by atoms with E-state index in [4.69, 9.17) is 17.3 Å². The highest BCUT2D eigenvalue weighted by Gasteiger charge is 2.50. The summed E-state index contributed by atoms with van der Waals surface area (Å²) in [4.78, 5) is 12.6. The normalized spacial score (nSPS) is 16.0. The number of Topliss-reactive ketones (excluding diaryl/α,β-unsaturated/α-hetero) is 1. The molecule has 0 amide bonds. The molecule has 0 saturated carbocycles. The monoisotopic (exact) mass is 346 g/mol. The fourth-order valence-electron chi connectivity index (χ4n) is 2.37. The minimum Gasteiger partial charge on any atom is -0.394 e. The second kappa shape index (κ2) is 7.74. The zero-order chi connectivity index (χ0) is 17.7. The predicted octanol–water partition coefficient (Wildman–Crippen LogP) is 0.733. The zero-order valence-electron chi connectivity index (χ0n) is 12.7. The zero-order valence-corrected chi connectivity index (χ0v) is 13.6. The van der Waals surface area contributed by atoms with E-state index < -0.39 is 30.2 Å². The molecule has 0 aromatic heterocycles. The Balaban J connectivity index is 2.53. The van der Waals surface area contributed by atoms with Gasteiger partial charge in [0.25, 0.3) is 0 Å². The Hall–Kier alpha value is -1.96. The average Bonchev–Trinajstić information content (AvgIpc) is 2.66. The van der Waals surface area contributed by atoms with Crippen LogP contribution in [0.4, 0.5) is 0 Å². The average molecular weight is 346 g/mol. The highest BCUT2D eigenvalue weighted by atomic mass is 32.1. The number of carbonyl (C=O) groups excluding carboxylic acids is 1. The number of carbonyl (C=O) groups is 1. The van der Waals surface area contributed by atoms with Gasteiger partial charge in [0, 0.05) is 5.56 Å². The maximum Gasteiger partial charge on any atom is 0.202 e. The van der Waals surface area contributed by atoms with Crippen molar-refractivity contribution >= 4 is 22.9 Å². The van der Waals surface area contributed by atoms with Gasteiger partial charge < -0.3 is 20.4 Å². The predicted molar refractivity (Wildman–Crippen MR) is 93.0 cm³/mol. The molecule has 0 saturated heterocycles. The lowest BCUT2D eigenvalue weighted by molar-refractivity contribution is -0.0850. The lowest BCUT2D eigenvalue weighted by atomic mass is 9.80. The standard InChI is InChI=1S/C18H18O5S/c19-11-14(20)16(22)18(23,15(21)12-7-3-1-4-8-12)17(24)13-9-5-2-6-10-13/h1-10,14,16,19-20,22-23H,11H2/t14-,16+,18-/m1/s1. The van der Waals surface area contributed by atoms with E-state index >= 15 is 0 Å². The molecule has 24 heavy (non-hydrogen) atoms. The van der Waals surface area contributed by atoms with Crippen LogP contribution in [0.3, 0.4) is 0 Å².